The van der Waals surface area contributed by atoms with Crippen molar-refractivity contribution in [1.82, 2.24) is 10.2 Å². The molecule has 0 aliphatic carbocycles. The number of nitrogens with one attached hydrogen (secondary N) is 1. The molecule has 1 aliphatic heterocycles. The molecular weight excluding hydrogens is 328 g/mol. The van der Waals surface area contributed by atoms with Gasteiger partial charge in [-0.2, -0.15) is 0 Å². The fraction of sp³-hybridized carbons (Fsp3) is 0.471. The summed E-state index contributed by atoms with van der Waals surface area (Å²) in [4.78, 5) is 36.8. The number of aromatic carboxylic acids is 1. The number of carbonyl (C=O) groups is 3. The molecule has 1 fully saturated rings. The first-order valence-electron chi connectivity index (χ1n) is 8.00. The van der Waals surface area contributed by atoms with Crippen LogP contribution in [-0.4, -0.2) is 52.0 Å². The predicted octanol–water partition coefficient (Wildman–Crippen LogP) is 1.75. The molecule has 6 nitrogen and oxygen atoms in total. The molecule has 0 radical (unpaired) electrons. The van der Waals surface area contributed by atoms with E-state index in [0.717, 1.165) is 12.0 Å². The Balaban J connectivity index is 1.82. The molecule has 1 aromatic rings. The van der Waals surface area contributed by atoms with E-state index in [-0.39, 0.29) is 23.4 Å². The fourth-order valence-electron chi connectivity index (χ4n) is 2.52. The highest BCUT2D eigenvalue weighted by Gasteiger charge is 2.33. The molecule has 24 heavy (non-hydrogen) atoms. The van der Waals surface area contributed by atoms with Gasteiger partial charge in [0, 0.05) is 18.7 Å². The summed E-state index contributed by atoms with van der Waals surface area (Å²) < 4.78 is 0. The van der Waals surface area contributed by atoms with Crippen molar-refractivity contribution in [3.05, 3.63) is 35.4 Å². The molecule has 0 aromatic heterocycles. The third-order valence-electron chi connectivity index (χ3n) is 3.88. The summed E-state index contributed by atoms with van der Waals surface area (Å²) in [6.07, 6.45) is 1.87. The zero-order valence-electron chi connectivity index (χ0n) is 13.7. The topological polar surface area (TPSA) is 86.7 Å². The van der Waals surface area contributed by atoms with Crippen LogP contribution in [0.3, 0.4) is 0 Å². The Bertz CT molecular complexity index is 603. The van der Waals surface area contributed by atoms with E-state index in [1.807, 2.05) is 6.92 Å². The Labute approximate surface area is 145 Å². The highest BCUT2D eigenvalue weighted by Crippen LogP contribution is 2.22. The molecule has 0 saturated carbocycles. The lowest BCUT2D eigenvalue weighted by Crippen LogP contribution is -2.47. The van der Waals surface area contributed by atoms with Crippen molar-refractivity contribution in [1.29, 1.82) is 0 Å². The molecule has 7 heteroatoms. The van der Waals surface area contributed by atoms with Gasteiger partial charge in [0.2, 0.25) is 11.8 Å². The molecule has 1 saturated heterocycles. The van der Waals surface area contributed by atoms with E-state index in [1.165, 1.54) is 0 Å². The lowest BCUT2D eigenvalue weighted by molar-refractivity contribution is -0.138. The van der Waals surface area contributed by atoms with Crippen LogP contribution in [0, 0.1) is 0 Å². The molecule has 1 heterocycles. The van der Waals surface area contributed by atoms with Crippen molar-refractivity contribution in [3.8, 4) is 0 Å². The first kappa shape index (κ1) is 18.3. The number of hydrogen-bond acceptors (Lipinski definition) is 4. The van der Waals surface area contributed by atoms with Crippen LogP contribution in [0.15, 0.2) is 24.3 Å². The minimum atomic E-state index is -0.953. The highest BCUT2D eigenvalue weighted by molar-refractivity contribution is 7.99. The third kappa shape index (κ3) is 4.74. The second-order valence-electron chi connectivity index (χ2n) is 5.67. The van der Waals surface area contributed by atoms with Gasteiger partial charge in [-0.1, -0.05) is 19.1 Å². The van der Waals surface area contributed by atoms with Crippen molar-refractivity contribution in [2.45, 2.75) is 32.2 Å². The average molecular weight is 350 g/mol. The molecule has 130 valence electrons. The number of nitrogens with zero attached hydrogens (tertiary/aromatic N) is 1. The van der Waals surface area contributed by atoms with Crippen LogP contribution >= 0.6 is 11.8 Å². The average Bonchev–Trinajstić information content (AvgIpc) is 3.05. The van der Waals surface area contributed by atoms with Gasteiger partial charge in [-0.25, -0.2) is 4.79 Å². The Morgan fingerprint density at radius 2 is 2.00 bits per heavy atom. The number of rotatable bonds is 7. The molecule has 1 aliphatic rings. The van der Waals surface area contributed by atoms with Crippen LogP contribution in [0.4, 0.5) is 0 Å². The number of carboxylic acid groups (broad SMARTS) is 1. The number of hydrogen-bond donors (Lipinski definition) is 2. The van der Waals surface area contributed by atoms with Crippen molar-refractivity contribution in [3.63, 3.8) is 0 Å². The van der Waals surface area contributed by atoms with Gasteiger partial charge < -0.3 is 15.3 Å². The summed E-state index contributed by atoms with van der Waals surface area (Å²) in [5, 5.41) is 11.7. The SMILES string of the molecule is CCCC(=O)N1CSCC1C(=O)NCCc1ccc(C(=O)O)cc1. The van der Waals surface area contributed by atoms with E-state index >= 15 is 0 Å². The smallest absolute Gasteiger partial charge is 0.335 e. The summed E-state index contributed by atoms with van der Waals surface area (Å²) in [6, 6.07) is 6.22. The number of amides is 2. The second-order valence-corrected chi connectivity index (χ2v) is 6.67. The summed E-state index contributed by atoms with van der Waals surface area (Å²) >= 11 is 1.60. The van der Waals surface area contributed by atoms with Crippen molar-refractivity contribution < 1.29 is 19.5 Å². The summed E-state index contributed by atoms with van der Waals surface area (Å²) in [7, 11) is 0. The molecule has 2 amide bonds. The van der Waals surface area contributed by atoms with Gasteiger partial charge in [-0.15, -0.1) is 11.8 Å². The molecule has 2 N–H and O–H groups in total. The van der Waals surface area contributed by atoms with Gasteiger partial charge in [-0.05, 0) is 30.5 Å². The first-order valence-corrected chi connectivity index (χ1v) is 9.15. The lowest BCUT2D eigenvalue weighted by atomic mass is 10.1. The number of benzene rings is 1. The fourth-order valence-corrected chi connectivity index (χ4v) is 3.71. The quantitative estimate of drug-likeness (QED) is 0.782. The van der Waals surface area contributed by atoms with Crippen LogP contribution in [0.25, 0.3) is 0 Å². The minimum absolute atomic E-state index is 0.0342. The Morgan fingerprint density at radius 1 is 1.29 bits per heavy atom. The van der Waals surface area contributed by atoms with Crippen LogP contribution in [0.2, 0.25) is 0 Å². The van der Waals surface area contributed by atoms with Gasteiger partial charge in [0.1, 0.15) is 6.04 Å². The van der Waals surface area contributed by atoms with Crippen LogP contribution in [0.1, 0.15) is 35.7 Å². The Hall–Kier alpha value is -2.02. The molecule has 0 bridgehead atoms. The van der Waals surface area contributed by atoms with E-state index < -0.39 is 5.97 Å². The zero-order chi connectivity index (χ0) is 17.5. The lowest BCUT2D eigenvalue weighted by Gasteiger charge is -2.23. The summed E-state index contributed by atoms with van der Waals surface area (Å²) in [6.45, 7) is 2.41. The molecule has 1 unspecified atom stereocenters. The third-order valence-corrected chi connectivity index (χ3v) is 4.90. The van der Waals surface area contributed by atoms with Crippen molar-refractivity contribution in [2.75, 3.05) is 18.2 Å². The van der Waals surface area contributed by atoms with Gasteiger partial charge >= 0.3 is 5.97 Å². The Kier molecular flexibility index (Phi) is 6.66. The molecular formula is C17H22N2O4S. The van der Waals surface area contributed by atoms with E-state index in [0.29, 0.717) is 31.0 Å². The van der Waals surface area contributed by atoms with E-state index in [4.69, 9.17) is 5.11 Å². The standard InChI is InChI=1S/C17H22N2O4S/c1-2-3-15(20)19-11-24-10-14(19)16(21)18-9-8-12-4-6-13(7-5-12)17(22)23/h4-7,14H,2-3,8-11H2,1H3,(H,18,21)(H,22,23). The maximum absolute atomic E-state index is 12.3. The first-order chi connectivity index (χ1) is 11.5. The normalized spacial score (nSPS) is 16.9. The largest absolute Gasteiger partial charge is 0.478 e. The highest BCUT2D eigenvalue weighted by atomic mass is 32.2. The zero-order valence-corrected chi connectivity index (χ0v) is 14.5. The molecule has 0 spiro atoms. The summed E-state index contributed by atoms with van der Waals surface area (Å²) in [5.74, 6) is 0.172. The summed E-state index contributed by atoms with van der Waals surface area (Å²) in [5.41, 5.74) is 1.20. The maximum atomic E-state index is 12.3. The molecule has 2 rings (SSSR count). The van der Waals surface area contributed by atoms with Crippen LogP contribution in [-0.2, 0) is 16.0 Å². The van der Waals surface area contributed by atoms with Crippen molar-refractivity contribution >= 4 is 29.5 Å². The molecule has 1 atom stereocenters. The van der Waals surface area contributed by atoms with Gasteiger partial charge in [0.05, 0.1) is 11.4 Å². The second kappa shape index (κ2) is 8.73. The molecule has 1 aromatic carbocycles. The minimum Gasteiger partial charge on any atom is -0.478 e. The van der Waals surface area contributed by atoms with Crippen LogP contribution in [0.5, 0.6) is 0 Å². The van der Waals surface area contributed by atoms with Crippen molar-refractivity contribution in [2.24, 2.45) is 0 Å². The maximum Gasteiger partial charge on any atom is 0.335 e. The monoisotopic (exact) mass is 350 g/mol. The van der Waals surface area contributed by atoms with Gasteiger partial charge in [-0.3, -0.25) is 9.59 Å². The van der Waals surface area contributed by atoms with E-state index in [9.17, 15) is 14.4 Å². The predicted molar refractivity (Wildman–Crippen MR) is 93.0 cm³/mol. The van der Waals surface area contributed by atoms with E-state index in [2.05, 4.69) is 5.32 Å². The van der Waals surface area contributed by atoms with Crippen LogP contribution < -0.4 is 5.32 Å². The number of thioether (sulfide) groups is 1. The van der Waals surface area contributed by atoms with Gasteiger partial charge in [0.25, 0.3) is 0 Å². The van der Waals surface area contributed by atoms with E-state index in [1.54, 1.807) is 40.9 Å². The van der Waals surface area contributed by atoms with Gasteiger partial charge in [0.15, 0.2) is 0 Å². The Morgan fingerprint density at radius 3 is 2.62 bits per heavy atom. The number of carboxylic acids is 1. The number of carbonyl (C=O) groups excluding carboxylic acids is 2.